The topological polar surface area (TPSA) is 111 Å². The number of allylic oxidation sites excluding steroid dienone is 4. The molecule has 0 aromatic carbocycles. The van der Waals surface area contributed by atoms with Crippen LogP contribution in [0.4, 0.5) is 0 Å². The van der Waals surface area contributed by atoms with Crippen LogP contribution in [-0.2, 0) is 32.7 Å². The summed E-state index contributed by atoms with van der Waals surface area (Å²) in [4.78, 5) is 37.5. The van der Waals surface area contributed by atoms with Crippen molar-refractivity contribution in [3.05, 3.63) is 24.3 Å². The molecule has 0 bridgehead atoms. The fourth-order valence-corrected chi connectivity index (χ4v) is 6.65. The average Bonchev–Trinajstić information content (AvgIpc) is 3.12. The highest BCUT2D eigenvalue weighted by atomic mass is 31.2. The summed E-state index contributed by atoms with van der Waals surface area (Å²) >= 11 is 0. The zero-order valence-corrected chi connectivity index (χ0v) is 36.6. The van der Waals surface area contributed by atoms with Gasteiger partial charge in [0.25, 0.3) is 7.82 Å². The van der Waals surface area contributed by atoms with Crippen LogP contribution in [0, 0.1) is 0 Å². The Labute approximate surface area is 332 Å². The number of ether oxygens (including phenoxy) is 2. The maximum absolute atomic E-state index is 12.7. The Morgan fingerprint density at radius 1 is 0.556 bits per heavy atom. The molecule has 0 saturated carbocycles. The van der Waals surface area contributed by atoms with Crippen molar-refractivity contribution < 1.29 is 42.1 Å². The van der Waals surface area contributed by atoms with Crippen LogP contribution in [0.15, 0.2) is 24.3 Å². The number of unbranched alkanes of at least 4 members (excludes halogenated alkanes) is 22. The van der Waals surface area contributed by atoms with Gasteiger partial charge in [0.05, 0.1) is 27.7 Å². The van der Waals surface area contributed by atoms with E-state index in [4.69, 9.17) is 18.5 Å². The Morgan fingerprint density at radius 2 is 0.963 bits per heavy atom. The fraction of sp³-hybridized carbons (Fsp3) is 0.864. The molecule has 0 aromatic rings. The third kappa shape index (κ3) is 40.2. The molecule has 0 aliphatic heterocycles. The van der Waals surface area contributed by atoms with Crippen molar-refractivity contribution in [2.45, 2.75) is 200 Å². The van der Waals surface area contributed by atoms with Crippen LogP contribution >= 0.6 is 7.82 Å². The van der Waals surface area contributed by atoms with E-state index in [0.29, 0.717) is 17.4 Å². The maximum Gasteiger partial charge on any atom is 0.306 e. The predicted octanol–water partition coefficient (Wildman–Crippen LogP) is 11.7. The smallest absolute Gasteiger partial charge is 0.306 e. The number of rotatable bonds is 40. The Hall–Kier alpha value is -1.51. The first kappa shape index (κ1) is 52.5. The number of nitrogens with zero attached hydrogens (tertiary/aromatic N) is 1. The lowest BCUT2D eigenvalue weighted by Gasteiger charge is -2.28. The van der Waals surface area contributed by atoms with Gasteiger partial charge < -0.3 is 27.9 Å². The summed E-state index contributed by atoms with van der Waals surface area (Å²) in [6, 6.07) is 0. The maximum atomic E-state index is 12.7. The van der Waals surface area contributed by atoms with E-state index in [0.717, 1.165) is 44.9 Å². The van der Waals surface area contributed by atoms with Gasteiger partial charge in [0, 0.05) is 12.8 Å². The fourth-order valence-electron chi connectivity index (χ4n) is 5.92. The van der Waals surface area contributed by atoms with Gasteiger partial charge in [-0.25, -0.2) is 0 Å². The first-order chi connectivity index (χ1) is 26.0. The number of esters is 2. The van der Waals surface area contributed by atoms with Gasteiger partial charge in [-0.1, -0.05) is 147 Å². The number of quaternary nitrogens is 1. The number of hydrogen-bond donors (Lipinski definition) is 0. The molecule has 0 rings (SSSR count). The van der Waals surface area contributed by atoms with Crippen molar-refractivity contribution in [2.24, 2.45) is 0 Å². The van der Waals surface area contributed by atoms with Crippen LogP contribution in [0.1, 0.15) is 194 Å². The summed E-state index contributed by atoms with van der Waals surface area (Å²) in [5, 5.41) is 0. The molecule has 10 heteroatoms. The Kier molecular flexibility index (Phi) is 36.1. The molecule has 0 saturated heterocycles. The monoisotopic (exact) mass is 786 g/mol. The van der Waals surface area contributed by atoms with Crippen LogP contribution in [-0.4, -0.2) is 70.0 Å². The van der Waals surface area contributed by atoms with Crippen molar-refractivity contribution in [3.63, 3.8) is 0 Å². The summed E-state index contributed by atoms with van der Waals surface area (Å²) in [6.07, 6.45) is 39.1. The third-order valence-corrected chi connectivity index (χ3v) is 10.4. The van der Waals surface area contributed by atoms with E-state index in [1.807, 2.05) is 21.1 Å². The van der Waals surface area contributed by atoms with Crippen molar-refractivity contribution in [3.8, 4) is 0 Å². The number of hydrogen-bond acceptors (Lipinski definition) is 8. The molecule has 0 fully saturated rings. The van der Waals surface area contributed by atoms with Crippen molar-refractivity contribution in [1.29, 1.82) is 0 Å². The van der Waals surface area contributed by atoms with Crippen molar-refractivity contribution >= 4 is 19.8 Å². The lowest BCUT2D eigenvalue weighted by atomic mass is 10.1. The minimum Gasteiger partial charge on any atom is -0.756 e. The molecule has 0 N–H and O–H groups in total. The molecule has 318 valence electrons. The highest BCUT2D eigenvalue weighted by molar-refractivity contribution is 7.45. The van der Waals surface area contributed by atoms with Crippen LogP contribution in [0.5, 0.6) is 0 Å². The van der Waals surface area contributed by atoms with Crippen LogP contribution in [0.2, 0.25) is 0 Å². The summed E-state index contributed by atoms with van der Waals surface area (Å²) in [7, 11) is 1.16. The van der Waals surface area contributed by atoms with E-state index in [-0.39, 0.29) is 32.0 Å². The Bertz CT molecular complexity index is 980. The van der Waals surface area contributed by atoms with Crippen molar-refractivity contribution in [1.82, 2.24) is 0 Å². The minimum absolute atomic E-state index is 0.0307. The molecule has 0 spiro atoms. The molecule has 0 aliphatic carbocycles. The minimum atomic E-state index is -4.62. The lowest BCUT2D eigenvalue weighted by molar-refractivity contribution is -0.870. The predicted molar refractivity (Wildman–Crippen MR) is 222 cm³/mol. The van der Waals surface area contributed by atoms with Crippen LogP contribution in [0.3, 0.4) is 0 Å². The standard InChI is InChI=1S/C44H84NO8P/c1-6-8-10-12-14-16-18-20-22-24-26-28-30-32-34-36-43(46)50-40-42(41-52-54(48,49)51-39-38-45(3,4)5)53-44(47)37-35-33-31-29-27-25-23-21-19-17-15-13-11-9-7-2/h12,14,17,19,42H,6-11,13,15-16,18,20-41H2,1-5H3/b14-12+,19-17+/t42-/m1/s1. The quantitative estimate of drug-likeness (QED) is 0.0198. The van der Waals surface area contributed by atoms with Gasteiger partial charge in [0.1, 0.15) is 19.8 Å². The molecule has 0 aliphatic rings. The highest BCUT2D eigenvalue weighted by Crippen LogP contribution is 2.38. The third-order valence-electron chi connectivity index (χ3n) is 9.44. The molecule has 0 radical (unpaired) electrons. The van der Waals surface area contributed by atoms with E-state index in [1.54, 1.807) is 0 Å². The molecule has 0 aromatic heterocycles. The lowest BCUT2D eigenvalue weighted by Crippen LogP contribution is -2.37. The second kappa shape index (κ2) is 37.1. The summed E-state index contributed by atoms with van der Waals surface area (Å²) in [5.74, 6) is -0.838. The number of carbonyl (C=O) groups excluding carboxylic acids is 2. The Balaban J connectivity index is 4.35. The molecule has 54 heavy (non-hydrogen) atoms. The number of phosphoric acid groups is 1. The summed E-state index contributed by atoms with van der Waals surface area (Å²) < 4.78 is 33.9. The number of likely N-dealkylation sites (N-methyl/N-ethyl adjacent to an activating group) is 1. The zero-order valence-electron chi connectivity index (χ0n) is 35.7. The molecular weight excluding hydrogens is 701 g/mol. The first-order valence-corrected chi connectivity index (χ1v) is 23.5. The van der Waals surface area contributed by atoms with Crippen LogP contribution in [0.25, 0.3) is 0 Å². The van der Waals surface area contributed by atoms with Crippen LogP contribution < -0.4 is 4.89 Å². The summed E-state index contributed by atoms with van der Waals surface area (Å²) in [5.41, 5.74) is 0. The van der Waals surface area contributed by atoms with E-state index in [2.05, 4.69) is 38.2 Å². The average molecular weight is 786 g/mol. The molecule has 0 heterocycles. The van der Waals surface area contributed by atoms with Gasteiger partial charge >= 0.3 is 11.9 Å². The summed E-state index contributed by atoms with van der Waals surface area (Å²) in [6.45, 7) is 4.19. The first-order valence-electron chi connectivity index (χ1n) is 22.0. The molecule has 2 atom stereocenters. The van der Waals surface area contributed by atoms with Gasteiger partial charge in [-0.15, -0.1) is 0 Å². The molecule has 1 unspecified atom stereocenters. The largest absolute Gasteiger partial charge is 0.756 e. The number of carbonyl (C=O) groups is 2. The van der Waals surface area contributed by atoms with Gasteiger partial charge in [-0.05, 0) is 57.8 Å². The van der Waals surface area contributed by atoms with E-state index in [9.17, 15) is 19.0 Å². The molecule has 9 nitrogen and oxygen atoms in total. The zero-order chi connectivity index (χ0) is 40.0. The van der Waals surface area contributed by atoms with Gasteiger partial charge in [-0.3, -0.25) is 14.2 Å². The normalized spacial score (nSPS) is 13.8. The molecule has 0 amide bonds. The second-order valence-electron chi connectivity index (χ2n) is 16.1. The Morgan fingerprint density at radius 3 is 1.43 bits per heavy atom. The number of phosphoric ester groups is 1. The van der Waals surface area contributed by atoms with Gasteiger partial charge in [0.15, 0.2) is 6.10 Å². The SMILES string of the molecule is CCCC/C=C/CCCCCCCCCCCC(=O)OC[C@H](COP(=O)([O-])OCC[N+](C)(C)C)OC(=O)CCCCCCCCC/C=C/CCCCCC. The highest BCUT2D eigenvalue weighted by Gasteiger charge is 2.21. The van der Waals surface area contributed by atoms with E-state index < -0.39 is 26.5 Å². The molecular formula is C44H84NO8P. The van der Waals surface area contributed by atoms with Gasteiger partial charge in [-0.2, -0.15) is 0 Å². The van der Waals surface area contributed by atoms with Crippen molar-refractivity contribution in [2.75, 3.05) is 47.5 Å². The van der Waals surface area contributed by atoms with E-state index in [1.165, 1.54) is 116 Å². The van der Waals surface area contributed by atoms with E-state index >= 15 is 0 Å². The second-order valence-corrected chi connectivity index (χ2v) is 17.5. The van der Waals surface area contributed by atoms with Gasteiger partial charge in [0.2, 0.25) is 0 Å².